The highest BCUT2D eigenvalue weighted by atomic mass is 16.5. The first-order chi connectivity index (χ1) is 8.63. The number of carbonyl (C=O) groups is 2. The van der Waals surface area contributed by atoms with Gasteiger partial charge < -0.3 is 9.64 Å². The number of carbonyl (C=O) groups excluding carboxylic acids is 2. The molecule has 1 heterocycles. The van der Waals surface area contributed by atoms with Gasteiger partial charge in [0.05, 0.1) is 5.56 Å². The van der Waals surface area contributed by atoms with Crippen molar-refractivity contribution in [3.05, 3.63) is 42.0 Å². The average molecular weight is 245 g/mol. The Morgan fingerprint density at radius 2 is 2.28 bits per heavy atom. The van der Waals surface area contributed by atoms with Gasteiger partial charge in [0.1, 0.15) is 6.61 Å². The molecule has 94 valence electrons. The summed E-state index contributed by atoms with van der Waals surface area (Å²) in [7, 11) is 0. The van der Waals surface area contributed by atoms with E-state index in [0.29, 0.717) is 12.1 Å². The maximum Gasteiger partial charge on any atom is 0.338 e. The summed E-state index contributed by atoms with van der Waals surface area (Å²) in [6.45, 7) is 5.92. The first kappa shape index (κ1) is 12.4. The van der Waals surface area contributed by atoms with Gasteiger partial charge in [0.15, 0.2) is 0 Å². The molecule has 0 fully saturated rings. The molecule has 0 aromatic heterocycles. The Bertz CT molecular complexity index is 508. The second-order valence-corrected chi connectivity index (χ2v) is 4.15. The molecule has 0 N–H and O–H groups in total. The molecule has 18 heavy (non-hydrogen) atoms. The van der Waals surface area contributed by atoms with E-state index in [0.717, 1.165) is 17.7 Å². The van der Waals surface area contributed by atoms with E-state index in [1.54, 1.807) is 30.0 Å². The summed E-state index contributed by atoms with van der Waals surface area (Å²) >= 11 is 0. The van der Waals surface area contributed by atoms with Gasteiger partial charge in [-0.1, -0.05) is 12.7 Å². The SMILES string of the molecule is C=CCOC(=O)c1ccc2c(c1)CCN2C(C)=O. The molecule has 0 bridgehead atoms. The number of ether oxygens (including phenoxy) is 1. The molecule has 1 aromatic carbocycles. The first-order valence-electron chi connectivity index (χ1n) is 5.82. The van der Waals surface area contributed by atoms with Gasteiger partial charge in [-0.25, -0.2) is 4.79 Å². The van der Waals surface area contributed by atoms with Gasteiger partial charge in [-0.15, -0.1) is 0 Å². The highest BCUT2D eigenvalue weighted by Crippen LogP contribution is 2.29. The summed E-state index contributed by atoms with van der Waals surface area (Å²) in [4.78, 5) is 24.8. The lowest BCUT2D eigenvalue weighted by molar-refractivity contribution is -0.116. The van der Waals surface area contributed by atoms with Crippen molar-refractivity contribution in [1.29, 1.82) is 0 Å². The van der Waals surface area contributed by atoms with E-state index in [1.165, 1.54) is 6.08 Å². The molecule has 1 amide bonds. The predicted octanol–water partition coefficient (Wildman–Crippen LogP) is 1.94. The molecule has 0 spiro atoms. The largest absolute Gasteiger partial charge is 0.458 e. The molecule has 0 saturated carbocycles. The van der Waals surface area contributed by atoms with E-state index < -0.39 is 0 Å². The minimum atomic E-state index is -0.362. The summed E-state index contributed by atoms with van der Waals surface area (Å²) in [5.74, 6) is -0.338. The van der Waals surface area contributed by atoms with Gasteiger partial charge in [0.25, 0.3) is 0 Å². The number of anilines is 1. The third-order valence-corrected chi connectivity index (χ3v) is 2.92. The second kappa shape index (κ2) is 5.04. The number of hydrogen-bond donors (Lipinski definition) is 0. The fraction of sp³-hybridized carbons (Fsp3) is 0.286. The molecular weight excluding hydrogens is 230 g/mol. The van der Waals surface area contributed by atoms with Crippen LogP contribution >= 0.6 is 0 Å². The van der Waals surface area contributed by atoms with Gasteiger partial charge in [0, 0.05) is 19.2 Å². The monoisotopic (exact) mass is 245 g/mol. The average Bonchev–Trinajstić information content (AvgIpc) is 2.78. The molecule has 4 heteroatoms. The summed E-state index contributed by atoms with van der Waals surface area (Å²) < 4.78 is 4.97. The molecule has 0 atom stereocenters. The Morgan fingerprint density at radius 3 is 2.94 bits per heavy atom. The number of benzene rings is 1. The van der Waals surface area contributed by atoms with Crippen molar-refractivity contribution >= 4 is 17.6 Å². The van der Waals surface area contributed by atoms with Crippen molar-refractivity contribution < 1.29 is 14.3 Å². The second-order valence-electron chi connectivity index (χ2n) is 4.15. The summed E-state index contributed by atoms with van der Waals surface area (Å²) in [6, 6.07) is 5.28. The van der Waals surface area contributed by atoms with Crippen molar-refractivity contribution in [2.75, 3.05) is 18.1 Å². The standard InChI is InChI=1S/C14H15NO3/c1-3-8-18-14(17)12-4-5-13-11(9-12)6-7-15(13)10(2)16/h3-5,9H,1,6-8H2,2H3. The third-order valence-electron chi connectivity index (χ3n) is 2.92. The molecule has 1 aromatic rings. The molecule has 0 saturated heterocycles. The molecule has 0 unspecified atom stereocenters. The van der Waals surface area contributed by atoms with Crippen LogP contribution in [0, 0.1) is 0 Å². The minimum absolute atomic E-state index is 0.0238. The Hall–Kier alpha value is -2.10. The summed E-state index contributed by atoms with van der Waals surface area (Å²) in [5, 5.41) is 0. The lowest BCUT2D eigenvalue weighted by Gasteiger charge is -2.14. The highest BCUT2D eigenvalue weighted by molar-refractivity contribution is 5.96. The molecule has 1 aliphatic rings. The van der Waals surface area contributed by atoms with Crippen LogP contribution in [0.15, 0.2) is 30.9 Å². The van der Waals surface area contributed by atoms with E-state index in [1.807, 2.05) is 0 Å². The number of esters is 1. The Balaban J connectivity index is 2.21. The van der Waals surface area contributed by atoms with Crippen LogP contribution < -0.4 is 4.90 Å². The van der Waals surface area contributed by atoms with E-state index in [9.17, 15) is 9.59 Å². The summed E-state index contributed by atoms with van der Waals surface area (Å²) in [5.41, 5.74) is 2.42. The predicted molar refractivity (Wildman–Crippen MR) is 68.7 cm³/mol. The van der Waals surface area contributed by atoms with Gasteiger partial charge in [-0.2, -0.15) is 0 Å². The maximum atomic E-state index is 11.7. The van der Waals surface area contributed by atoms with Crippen LogP contribution in [0.5, 0.6) is 0 Å². The highest BCUT2D eigenvalue weighted by Gasteiger charge is 2.23. The molecule has 4 nitrogen and oxygen atoms in total. The Kier molecular flexibility index (Phi) is 3.46. The zero-order valence-electron chi connectivity index (χ0n) is 10.3. The fourth-order valence-corrected chi connectivity index (χ4v) is 2.07. The molecule has 0 radical (unpaired) electrons. The number of nitrogens with zero attached hydrogens (tertiary/aromatic N) is 1. The zero-order chi connectivity index (χ0) is 13.1. The molecule has 1 aliphatic heterocycles. The lowest BCUT2D eigenvalue weighted by atomic mass is 10.1. The van der Waals surface area contributed by atoms with Gasteiger partial charge in [0.2, 0.25) is 5.91 Å². The van der Waals surface area contributed by atoms with Crippen molar-refractivity contribution in [1.82, 2.24) is 0 Å². The first-order valence-corrected chi connectivity index (χ1v) is 5.82. The minimum Gasteiger partial charge on any atom is -0.458 e. The van der Waals surface area contributed by atoms with E-state index in [2.05, 4.69) is 6.58 Å². The normalized spacial score (nSPS) is 13.1. The number of hydrogen-bond acceptors (Lipinski definition) is 3. The van der Waals surface area contributed by atoms with Crippen molar-refractivity contribution in [3.8, 4) is 0 Å². The van der Waals surface area contributed by atoms with E-state index in [-0.39, 0.29) is 18.5 Å². The molecule has 0 aliphatic carbocycles. The van der Waals surface area contributed by atoms with Crippen LogP contribution in [-0.2, 0) is 16.0 Å². The number of fused-ring (bicyclic) bond motifs is 1. The number of rotatable bonds is 3. The smallest absolute Gasteiger partial charge is 0.338 e. The van der Waals surface area contributed by atoms with Gasteiger partial charge >= 0.3 is 5.97 Å². The lowest BCUT2D eigenvalue weighted by Crippen LogP contribution is -2.25. The van der Waals surface area contributed by atoms with Crippen molar-refractivity contribution in [2.24, 2.45) is 0 Å². The van der Waals surface area contributed by atoms with Crippen LogP contribution in [-0.4, -0.2) is 25.0 Å². The summed E-state index contributed by atoms with van der Waals surface area (Å²) in [6.07, 6.45) is 2.31. The number of amides is 1. The van der Waals surface area contributed by atoms with Crippen molar-refractivity contribution in [3.63, 3.8) is 0 Å². The van der Waals surface area contributed by atoms with E-state index in [4.69, 9.17) is 4.74 Å². The van der Waals surface area contributed by atoms with Gasteiger partial charge in [-0.05, 0) is 30.2 Å². The zero-order valence-corrected chi connectivity index (χ0v) is 10.3. The quantitative estimate of drug-likeness (QED) is 0.604. The third kappa shape index (κ3) is 2.27. The van der Waals surface area contributed by atoms with Crippen molar-refractivity contribution in [2.45, 2.75) is 13.3 Å². The van der Waals surface area contributed by atoms with Crippen LogP contribution in [0.2, 0.25) is 0 Å². The van der Waals surface area contributed by atoms with Crippen LogP contribution in [0.4, 0.5) is 5.69 Å². The van der Waals surface area contributed by atoms with Gasteiger partial charge in [-0.3, -0.25) is 4.79 Å². The molecule has 2 rings (SSSR count). The Labute approximate surface area is 106 Å². The molecular formula is C14H15NO3. The van der Waals surface area contributed by atoms with Crippen LogP contribution in [0.3, 0.4) is 0 Å². The maximum absolute atomic E-state index is 11.7. The van der Waals surface area contributed by atoms with Crippen LogP contribution in [0.1, 0.15) is 22.8 Å². The topological polar surface area (TPSA) is 46.6 Å². The fourth-order valence-electron chi connectivity index (χ4n) is 2.07. The Morgan fingerprint density at radius 1 is 1.50 bits per heavy atom. The van der Waals surface area contributed by atoms with Crippen LogP contribution in [0.25, 0.3) is 0 Å². The van der Waals surface area contributed by atoms with E-state index >= 15 is 0 Å².